The summed E-state index contributed by atoms with van der Waals surface area (Å²) in [6.45, 7) is 0. The minimum atomic E-state index is -4.85. The first-order valence-corrected chi connectivity index (χ1v) is 8.53. The smallest absolute Gasteiger partial charge is 0.441 e. The molecule has 3 rings (SSSR count). The van der Waals surface area contributed by atoms with Crippen LogP contribution in [-0.2, 0) is 11.2 Å². The highest BCUT2D eigenvalue weighted by molar-refractivity contribution is 6.30. The number of halogens is 4. The van der Waals surface area contributed by atoms with Crippen LogP contribution in [0.15, 0.2) is 59.1 Å². The number of ether oxygens (including phenoxy) is 1. The SMILES string of the molecule is O=C(CCc1ncc(-c2ccc(Cl)cc2)o1)Nc1ccccc1OC(F)(F)F. The lowest BCUT2D eigenvalue weighted by atomic mass is 10.2. The highest BCUT2D eigenvalue weighted by Crippen LogP contribution is 2.30. The molecule has 3 aromatic rings. The first-order chi connectivity index (χ1) is 13.3. The van der Waals surface area contributed by atoms with Crippen LogP contribution in [0, 0.1) is 0 Å². The number of nitrogens with one attached hydrogen (secondary N) is 1. The zero-order chi connectivity index (χ0) is 20.1. The second kappa shape index (κ2) is 8.35. The van der Waals surface area contributed by atoms with E-state index in [1.54, 1.807) is 24.3 Å². The van der Waals surface area contributed by atoms with Gasteiger partial charge < -0.3 is 14.5 Å². The first kappa shape index (κ1) is 19.8. The van der Waals surface area contributed by atoms with E-state index in [-0.39, 0.29) is 18.5 Å². The van der Waals surface area contributed by atoms with Gasteiger partial charge in [0.15, 0.2) is 17.4 Å². The number of benzene rings is 2. The summed E-state index contributed by atoms with van der Waals surface area (Å²) in [7, 11) is 0. The minimum Gasteiger partial charge on any atom is -0.441 e. The number of rotatable bonds is 6. The lowest BCUT2D eigenvalue weighted by Crippen LogP contribution is -2.19. The number of hydrogen-bond acceptors (Lipinski definition) is 4. The van der Waals surface area contributed by atoms with Crippen molar-refractivity contribution in [2.45, 2.75) is 19.2 Å². The standard InChI is InChI=1S/C19H14ClF3N2O3/c20-13-7-5-12(6-8-13)16-11-24-18(27-16)10-9-17(26)25-14-3-1-2-4-15(14)28-19(21,22)23/h1-8,11H,9-10H2,(H,25,26). The Morgan fingerprint density at radius 3 is 2.57 bits per heavy atom. The molecule has 0 bridgehead atoms. The number of para-hydroxylation sites is 2. The minimum absolute atomic E-state index is 0.0269. The van der Waals surface area contributed by atoms with Crippen molar-refractivity contribution in [3.63, 3.8) is 0 Å². The molecule has 146 valence electrons. The van der Waals surface area contributed by atoms with Gasteiger partial charge in [0.1, 0.15) is 0 Å². The molecular weight excluding hydrogens is 397 g/mol. The Morgan fingerprint density at radius 1 is 1.14 bits per heavy atom. The molecule has 0 saturated carbocycles. The molecule has 5 nitrogen and oxygen atoms in total. The largest absolute Gasteiger partial charge is 0.573 e. The van der Waals surface area contributed by atoms with Crippen LogP contribution in [0.5, 0.6) is 5.75 Å². The number of nitrogens with zero attached hydrogens (tertiary/aromatic N) is 1. The van der Waals surface area contributed by atoms with Crippen LogP contribution in [0.3, 0.4) is 0 Å². The van der Waals surface area contributed by atoms with Gasteiger partial charge in [-0.1, -0.05) is 23.7 Å². The van der Waals surface area contributed by atoms with Crippen LogP contribution in [0.25, 0.3) is 11.3 Å². The first-order valence-electron chi connectivity index (χ1n) is 8.15. The highest BCUT2D eigenvalue weighted by atomic mass is 35.5. The van der Waals surface area contributed by atoms with Crippen molar-refractivity contribution in [1.82, 2.24) is 4.98 Å². The lowest BCUT2D eigenvalue weighted by molar-refractivity contribution is -0.274. The average Bonchev–Trinajstić information content (AvgIpc) is 3.10. The number of oxazole rings is 1. The number of anilines is 1. The van der Waals surface area contributed by atoms with Crippen molar-refractivity contribution in [3.05, 3.63) is 65.6 Å². The summed E-state index contributed by atoms with van der Waals surface area (Å²) < 4.78 is 46.8. The van der Waals surface area contributed by atoms with Crippen LogP contribution >= 0.6 is 11.6 Å². The second-order valence-corrected chi connectivity index (χ2v) is 6.15. The molecule has 0 aliphatic carbocycles. The Kier molecular flexibility index (Phi) is 5.89. The summed E-state index contributed by atoms with van der Waals surface area (Å²) in [5.41, 5.74) is 0.713. The maximum atomic E-state index is 12.4. The predicted molar refractivity (Wildman–Crippen MR) is 97.0 cm³/mol. The maximum absolute atomic E-state index is 12.4. The van der Waals surface area contributed by atoms with Crippen molar-refractivity contribution in [2.24, 2.45) is 0 Å². The molecule has 0 saturated heterocycles. The van der Waals surface area contributed by atoms with E-state index in [1.165, 1.54) is 24.4 Å². The van der Waals surface area contributed by atoms with Crippen LogP contribution in [-0.4, -0.2) is 17.3 Å². The molecule has 0 unspecified atom stereocenters. The fraction of sp³-hybridized carbons (Fsp3) is 0.158. The Labute approximate surface area is 163 Å². The number of aromatic nitrogens is 1. The van der Waals surface area contributed by atoms with Gasteiger partial charge in [-0.05, 0) is 36.4 Å². The highest BCUT2D eigenvalue weighted by Gasteiger charge is 2.32. The summed E-state index contributed by atoms with van der Waals surface area (Å²) in [4.78, 5) is 16.2. The van der Waals surface area contributed by atoms with Crippen LogP contribution in [0.4, 0.5) is 18.9 Å². The summed E-state index contributed by atoms with van der Waals surface area (Å²) in [6, 6.07) is 12.3. The van der Waals surface area contributed by atoms with Gasteiger partial charge >= 0.3 is 6.36 Å². The number of aryl methyl sites for hydroxylation is 1. The van der Waals surface area contributed by atoms with E-state index in [2.05, 4.69) is 15.0 Å². The Balaban J connectivity index is 1.59. The maximum Gasteiger partial charge on any atom is 0.573 e. The zero-order valence-electron chi connectivity index (χ0n) is 14.3. The average molecular weight is 411 g/mol. The van der Waals surface area contributed by atoms with Gasteiger partial charge in [-0.2, -0.15) is 0 Å². The fourth-order valence-electron chi connectivity index (χ4n) is 2.39. The molecule has 2 aromatic carbocycles. The number of carbonyl (C=O) groups is 1. The van der Waals surface area contributed by atoms with Gasteiger partial charge in [0.25, 0.3) is 0 Å². The van der Waals surface area contributed by atoms with Crippen molar-refractivity contribution in [1.29, 1.82) is 0 Å². The van der Waals surface area contributed by atoms with Crippen LogP contribution in [0.2, 0.25) is 5.02 Å². The van der Waals surface area contributed by atoms with Gasteiger partial charge in [-0.3, -0.25) is 4.79 Å². The molecule has 1 amide bonds. The van der Waals surface area contributed by atoms with Gasteiger partial charge in [0.05, 0.1) is 11.9 Å². The van der Waals surface area contributed by atoms with Crippen molar-refractivity contribution in [2.75, 3.05) is 5.32 Å². The van der Waals surface area contributed by atoms with Crippen LogP contribution < -0.4 is 10.1 Å². The molecule has 1 aromatic heterocycles. The van der Waals surface area contributed by atoms with Gasteiger partial charge in [0, 0.05) is 23.4 Å². The molecule has 28 heavy (non-hydrogen) atoms. The monoisotopic (exact) mass is 410 g/mol. The van der Waals surface area contributed by atoms with Gasteiger partial charge in [0.2, 0.25) is 5.91 Å². The molecular formula is C19H14ClF3N2O3. The quantitative estimate of drug-likeness (QED) is 0.585. The summed E-state index contributed by atoms with van der Waals surface area (Å²) in [5, 5.41) is 2.99. The van der Waals surface area contributed by atoms with Crippen molar-refractivity contribution in [3.8, 4) is 17.1 Å². The van der Waals surface area contributed by atoms with Crippen LogP contribution in [0.1, 0.15) is 12.3 Å². The van der Waals surface area contributed by atoms with E-state index < -0.39 is 18.0 Å². The molecule has 0 aliphatic heterocycles. The second-order valence-electron chi connectivity index (χ2n) is 5.72. The number of amides is 1. The van der Waals surface area contributed by atoms with E-state index >= 15 is 0 Å². The molecule has 0 spiro atoms. The molecule has 9 heteroatoms. The lowest BCUT2D eigenvalue weighted by Gasteiger charge is -2.13. The third-order valence-electron chi connectivity index (χ3n) is 3.64. The Bertz CT molecular complexity index is 956. The molecule has 0 fully saturated rings. The van der Waals surface area contributed by atoms with E-state index in [9.17, 15) is 18.0 Å². The van der Waals surface area contributed by atoms with E-state index in [0.717, 1.165) is 11.6 Å². The van der Waals surface area contributed by atoms with Crippen molar-refractivity contribution < 1.29 is 27.1 Å². The topological polar surface area (TPSA) is 64.4 Å². The normalized spacial score (nSPS) is 11.3. The summed E-state index contributed by atoms with van der Waals surface area (Å²) in [5.74, 6) is -0.120. The van der Waals surface area contributed by atoms with Gasteiger partial charge in [-0.15, -0.1) is 13.2 Å². The summed E-state index contributed by atoms with van der Waals surface area (Å²) in [6.07, 6.45) is -3.16. The number of alkyl halides is 3. The molecule has 0 atom stereocenters. The third kappa shape index (κ3) is 5.50. The fourth-order valence-corrected chi connectivity index (χ4v) is 2.52. The van der Waals surface area contributed by atoms with E-state index in [1.807, 2.05) is 0 Å². The Hall–Kier alpha value is -3.00. The molecule has 1 N–H and O–H groups in total. The summed E-state index contributed by atoms with van der Waals surface area (Å²) >= 11 is 5.84. The molecule has 0 radical (unpaired) electrons. The number of hydrogen-bond donors (Lipinski definition) is 1. The molecule has 0 aliphatic rings. The number of carbonyl (C=O) groups excluding carboxylic acids is 1. The van der Waals surface area contributed by atoms with E-state index in [4.69, 9.17) is 16.0 Å². The third-order valence-corrected chi connectivity index (χ3v) is 3.89. The molecule has 1 heterocycles. The van der Waals surface area contributed by atoms with E-state index in [0.29, 0.717) is 16.7 Å². The van der Waals surface area contributed by atoms with Crippen molar-refractivity contribution >= 4 is 23.2 Å². The predicted octanol–water partition coefficient (Wildman–Crippen LogP) is 5.46. The Morgan fingerprint density at radius 2 is 1.86 bits per heavy atom. The zero-order valence-corrected chi connectivity index (χ0v) is 15.1. The van der Waals surface area contributed by atoms with Gasteiger partial charge in [-0.25, -0.2) is 4.98 Å².